The SMILES string of the molecule is CCCCC/C=C\C/C=C\C/C=C\CCCCCCCCC(=O)OC(COC(=O)CCCCCCCCCC)COC(=O)CCCCCCCCCCCCCCCCCCC/C=C\C/C=C\CCCCCCC. The van der Waals surface area contributed by atoms with Gasteiger partial charge in [0.1, 0.15) is 13.2 Å². The summed E-state index contributed by atoms with van der Waals surface area (Å²) in [6.45, 7) is 6.60. The third kappa shape index (κ3) is 60.0. The maximum atomic E-state index is 12.9. The minimum absolute atomic E-state index is 0.0762. The van der Waals surface area contributed by atoms with Crippen molar-refractivity contribution >= 4 is 17.9 Å². The summed E-state index contributed by atoms with van der Waals surface area (Å²) in [4.78, 5) is 38.1. The van der Waals surface area contributed by atoms with E-state index in [0.717, 1.165) is 83.5 Å². The van der Waals surface area contributed by atoms with Gasteiger partial charge in [0.05, 0.1) is 0 Å². The summed E-state index contributed by atoms with van der Waals surface area (Å²) in [5.74, 6) is -0.878. The fraction of sp³-hybridized carbons (Fsp3) is 0.809. The van der Waals surface area contributed by atoms with Crippen molar-refractivity contribution in [3.8, 4) is 0 Å². The van der Waals surface area contributed by atoms with Crippen molar-refractivity contribution < 1.29 is 28.6 Å². The van der Waals surface area contributed by atoms with E-state index in [1.54, 1.807) is 0 Å². The number of carbonyl (C=O) groups excluding carboxylic acids is 3. The summed E-state index contributed by atoms with van der Waals surface area (Å²) < 4.78 is 16.9. The number of rotatable bonds is 59. The van der Waals surface area contributed by atoms with Gasteiger partial charge in [-0.1, -0.05) is 287 Å². The second-order valence-corrected chi connectivity index (χ2v) is 21.7. The Bertz CT molecular complexity index is 1330. The lowest BCUT2D eigenvalue weighted by atomic mass is 10.0. The normalized spacial score (nSPS) is 12.4. The predicted molar refractivity (Wildman–Crippen MR) is 321 cm³/mol. The molecule has 0 fully saturated rings. The molecule has 0 aliphatic heterocycles. The lowest BCUT2D eigenvalue weighted by Gasteiger charge is -2.18. The molecule has 0 aliphatic carbocycles. The lowest BCUT2D eigenvalue weighted by molar-refractivity contribution is -0.167. The molecule has 6 nitrogen and oxygen atoms in total. The standard InChI is InChI=1S/C68H122O6/c1-4-7-10-13-16-19-21-23-25-27-29-30-31-32-33-34-35-36-37-38-40-41-43-45-47-49-52-55-58-61-67(70)73-64-65(63-72-66(69)60-57-54-51-18-15-12-9-6-3)74-68(71)62-59-56-53-50-48-46-44-42-39-28-26-24-22-20-17-14-11-8-5-2/h17,20-21,23-24,26-27,29,39,42,65H,4-16,18-19,22,25,28,30-38,40-41,43-64H2,1-3H3/b20-17-,23-21-,26-24-,29-27-,42-39-. The maximum absolute atomic E-state index is 12.9. The van der Waals surface area contributed by atoms with Gasteiger partial charge >= 0.3 is 17.9 Å². The van der Waals surface area contributed by atoms with E-state index in [1.807, 2.05) is 0 Å². The van der Waals surface area contributed by atoms with E-state index in [2.05, 4.69) is 81.5 Å². The molecule has 1 unspecified atom stereocenters. The first-order chi connectivity index (χ1) is 36.5. The van der Waals surface area contributed by atoms with Gasteiger partial charge in [0.25, 0.3) is 0 Å². The van der Waals surface area contributed by atoms with Crippen LogP contribution in [0.4, 0.5) is 0 Å². The van der Waals surface area contributed by atoms with Crippen LogP contribution in [0.15, 0.2) is 60.8 Å². The van der Waals surface area contributed by atoms with E-state index < -0.39 is 6.10 Å². The summed E-state index contributed by atoms with van der Waals surface area (Å²) in [6.07, 6.45) is 79.6. The zero-order valence-electron chi connectivity index (χ0n) is 49.4. The van der Waals surface area contributed by atoms with Gasteiger partial charge in [0.2, 0.25) is 0 Å². The van der Waals surface area contributed by atoms with Crippen LogP contribution in [0.5, 0.6) is 0 Å². The Morgan fingerprint density at radius 2 is 0.486 bits per heavy atom. The highest BCUT2D eigenvalue weighted by Gasteiger charge is 2.19. The Labute approximate surface area is 460 Å². The second-order valence-electron chi connectivity index (χ2n) is 21.7. The van der Waals surface area contributed by atoms with Crippen LogP contribution in [0.1, 0.15) is 335 Å². The van der Waals surface area contributed by atoms with Gasteiger partial charge in [0, 0.05) is 19.3 Å². The van der Waals surface area contributed by atoms with Gasteiger partial charge in [-0.3, -0.25) is 14.4 Å². The summed E-state index contributed by atoms with van der Waals surface area (Å²) in [6, 6.07) is 0. The third-order valence-electron chi connectivity index (χ3n) is 14.2. The van der Waals surface area contributed by atoms with Gasteiger partial charge in [-0.25, -0.2) is 0 Å². The van der Waals surface area contributed by atoms with E-state index in [9.17, 15) is 14.4 Å². The molecule has 0 saturated heterocycles. The highest BCUT2D eigenvalue weighted by Crippen LogP contribution is 2.17. The van der Waals surface area contributed by atoms with Crippen molar-refractivity contribution in [1.29, 1.82) is 0 Å². The van der Waals surface area contributed by atoms with Gasteiger partial charge in [-0.2, -0.15) is 0 Å². The topological polar surface area (TPSA) is 78.9 Å². The van der Waals surface area contributed by atoms with E-state index in [0.29, 0.717) is 19.3 Å². The number of unbranched alkanes of at least 4 members (excludes halogenated alkanes) is 38. The zero-order valence-corrected chi connectivity index (χ0v) is 49.4. The Kier molecular flexibility index (Phi) is 60.2. The molecule has 0 aromatic heterocycles. The molecule has 0 aromatic rings. The fourth-order valence-corrected chi connectivity index (χ4v) is 9.36. The van der Waals surface area contributed by atoms with Gasteiger partial charge in [-0.05, 0) is 89.9 Å². The molecule has 0 bridgehead atoms. The van der Waals surface area contributed by atoms with E-state index in [1.165, 1.54) is 212 Å². The number of allylic oxidation sites excluding steroid dienone is 10. The second kappa shape index (κ2) is 62.6. The van der Waals surface area contributed by atoms with Crippen LogP contribution < -0.4 is 0 Å². The minimum atomic E-state index is -0.778. The summed E-state index contributed by atoms with van der Waals surface area (Å²) in [5, 5.41) is 0. The van der Waals surface area contributed by atoms with Crippen LogP contribution in [0.3, 0.4) is 0 Å². The molecule has 0 saturated carbocycles. The Morgan fingerprint density at radius 1 is 0.270 bits per heavy atom. The number of carbonyl (C=O) groups is 3. The van der Waals surface area contributed by atoms with Crippen molar-refractivity contribution in [1.82, 2.24) is 0 Å². The lowest BCUT2D eigenvalue weighted by Crippen LogP contribution is -2.30. The first-order valence-corrected chi connectivity index (χ1v) is 32.3. The Hall–Kier alpha value is -2.89. The van der Waals surface area contributed by atoms with Crippen LogP contribution in [0, 0.1) is 0 Å². The molecular formula is C68H122O6. The molecule has 6 heteroatoms. The van der Waals surface area contributed by atoms with Crippen molar-refractivity contribution in [3.63, 3.8) is 0 Å². The van der Waals surface area contributed by atoms with Crippen LogP contribution in [-0.4, -0.2) is 37.2 Å². The van der Waals surface area contributed by atoms with Gasteiger partial charge in [0.15, 0.2) is 6.10 Å². The first-order valence-electron chi connectivity index (χ1n) is 32.3. The molecule has 74 heavy (non-hydrogen) atoms. The molecule has 430 valence electrons. The third-order valence-corrected chi connectivity index (χ3v) is 14.2. The van der Waals surface area contributed by atoms with Crippen molar-refractivity contribution in [2.75, 3.05) is 13.2 Å². The van der Waals surface area contributed by atoms with Crippen LogP contribution in [-0.2, 0) is 28.6 Å². The molecule has 0 rings (SSSR count). The highest BCUT2D eigenvalue weighted by atomic mass is 16.6. The van der Waals surface area contributed by atoms with Gasteiger partial charge < -0.3 is 14.2 Å². The molecule has 0 heterocycles. The van der Waals surface area contributed by atoms with Crippen LogP contribution >= 0.6 is 0 Å². The fourth-order valence-electron chi connectivity index (χ4n) is 9.36. The minimum Gasteiger partial charge on any atom is -0.462 e. The molecule has 0 N–H and O–H groups in total. The monoisotopic (exact) mass is 1030 g/mol. The largest absolute Gasteiger partial charge is 0.462 e. The highest BCUT2D eigenvalue weighted by molar-refractivity contribution is 5.71. The van der Waals surface area contributed by atoms with Crippen molar-refractivity contribution in [2.45, 2.75) is 341 Å². The molecule has 0 radical (unpaired) electrons. The zero-order chi connectivity index (χ0) is 53.6. The predicted octanol–water partition coefficient (Wildman–Crippen LogP) is 21.9. The summed E-state index contributed by atoms with van der Waals surface area (Å²) in [5.41, 5.74) is 0. The number of hydrogen-bond acceptors (Lipinski definition) is 6. The summed E-state index contributed by atoms with van der Waals surface area (Å²) in [7, 11) is 0. The van der Waals surface area contributed by atoms with Crippen LogP contribution in [0.2, 0.25) is 0 Å². The number of ether oxygens (including phenoxy) is 3. The maximum Gasteiger partial charge on any atom is 0.306 e. The van der Waals surface area contributed by atoms with Gasteiger partial charge in [-0.15, -0.1) is 0 Å². The quantitative estimate of drug-likeness (QED) is 0.0261. The number of hydrogen-bond donors (Lipinski definition) is 0. The molecule has 0 aromatic carbocycles. The summed E-state index contributed by atoms with van der Waals surface area (Å²) >= 11 is 0. The van der Waals surface area contributed by atoms with E-state index >= 15 is 0 Å². The smallest absolute Gasteiger partial charge is 0.306 e. The molecule has 0 aliphatic rings. The van der Waals surface area contributed by atoms with Crippen LogP contribution in [0.25, 0.3) is 0 Å². The molecule has 0 spiro atoms. The first kappa shape index (κ1) is 71.1. The average Bonchev–Trinajstić information content (AvgIpc) is 3.40. The van der Waals surface area contributed by atoms with Crippen molar-refractivity contribution in [3.05, 3.63) is 60.8 Å². The molecule has 0 amide bonds. The molecule has 1 atom stereocenters. The van der Waals surface area contributed by atoms with Crippen molar-refractivity contribution in [2.24, 2.45) is 0 Å². The van der Waals surface area contributed by atoms with E-state index in [4.69, 9.17) is 14.2 Å². The number of esters is 3. The Morgan fingerprint density at radius 3 is 0.784 bits per heavy atom. The molecular weight excluding hydrogens is 913 g/mol. The Balaban J connectivity index is 4.11. The van der Waals surface area contributed by atoms with E-state index in [-0.39, 0.29) is 31.1 Å². The average molecular weight is 1040 g/mol.